The first-order chi connectivity index (χ1) is 11.7. The van der Waals surface area contributed by atoms with Crippen LogP contribution >= 0.6 is 0 Å². The van der Waals surface area contributed by atoms with Crippen LogP contribution in [0.2, 0.25) is 0 Å². The summed E-state index contributed by atoms with van der Waals surface area (Å²) in [4.78, 5) is 10.6. The minimum absolute atomic E-state index is 0.0629. The van der Waals surface area contributed by atoms with Gasteiger partial charge in [0.1, 0.15) is 12.4 Å². The Hall–Kier alpha value is -3.08. The lowest BCUT2D eigenvalue weighted by atomic mass is 10.1. The van der Waals surface area contributed by atoms with Crippen molar-refractivity contribution in [3.8, 4) is 16.9 Å². The lowest BCUT2D eigenvalue weighted by molar-refractivity contribution is -0.137. The van der Waals surface area contributed by atoms with E-state index in [1.54, 1.807) is 10.9 Å². The fourth-order valence-corrected chi connectivity index (χ4v) is 2.33. The molecule has 5 heteroatoms. The zero-order valence-electron chi connectivity index (χ0n) is 13.1. The van der Waals surface area contributed by atoms with Crippen molar-refractivity contribution in [2.75, 3.05) is 0 Å². The van der Waals surface area contributed by atoms with Crippen LogP contribution in [0.3, 0.4) is 0 Å². The monoisotopic (exact) mass is 322 g/mol. The Kier molecular flexibility index (Phi) is 4.91. The second-order valence-electron chi connectivity index (χ2n) is 5.43. The van der Waals surface area contributed by atoms with Crippen LogP contribution in [-0.2, 0) is 17.9 Å². The van der Waals surface area contributed by atoms with Gasteiger partial charge in [-0.25, -0.2) is 0 Å². The van der Waals surface area contributed by atoms with E-state index >= 15 is 0 Å². The van der Waals surface area contributed by atoms with E-state index in [2.05, 4.69) is 5.10 Å². The predicted octanol–water partition coefficient (Wildman–Crippen LogP) is 3.60. The zero-order valence-corrected chi connectivity index (χ0v) is 13.1. The molecule has 0 saturated heterocycles. The molecular weight excluding hydrogens is 304 g/mol. The molecule has 0 aliphatic heterocycles. The van der Waals surface area contributed by atoms with Crippen LogP contribution in [0.5, 0.6) is 5.75 Å². The van der Waals surface area contributed by atoms with Crippen molar-refractivity contribution in [3.63, 3.8) is 0 Å². The van der Waals surface area contributed by atoms with Gasteiger partial charge in [0.05, 0.1) is 19.2 Å². The SMILES string of the molecule is O=C(O)CCn1cc(-c2ccc(OCc3ccccc3)cc2)cn1. The van der Waals surface area contributed by atoms with Crippen LogP contribution in [0.1, 0.15) is 12.0 Å². The minimum atomic E-state index is -0.827. The van der Waals surface area contributed by atoms with E-state index in [-0.39, 0.29) is 6.42 Å². The number of aromatic nitrogens is 2. The van der Waals surface area contributed by atoms with Crippen LogP contribution in [0.15, 0.2) is 67.0 Å². The first kappa shape index (κ1) is 15.8. The Labute approximate surface area is 140 Å². The number of carbonyl (C=O) groups is 1. The number of carboxylic acid groups (broad SMARTS) is 1. The van der Waals surface area contributed by atoms with E-state index in [0.29, 0.717) is 13.2 Å². The van der Waals surface area contributed by atoms with Gasteiger partial charge in [0, 0.05) is 11.8 Å². The Morgan fingerprint density at radius 2 is 1.79 bits per heavy atom. The molecule has 3 rings (SSSR count). The first-order valence-corrected chi connectivity index (χ1v) is 7.72. The van der Waals surface area contributed by atoms with Crippen LogP contribution in [-0.4, -0.2) is 20.9 Å². The summed E-state index contributed by atoms with van der Waals surface area (Å²) >= 11 is 0. The minimum Gasteiger partial charge on any atom is -0.489 e. The quantitative estimate of drug-likeness (QED) is 0.722. The number of aliphatic carboxylic acids is 1. The Balaban J connectivity index is 1.61. The van der Waals surface area contributed by atoms with Gasteiger partial charge in [0.25, 0.3) is 0 Å². The number of carboxylic acids is 1. The van der Waals surface area contributed by atoms with Crippen molar-refractivity contribution >= 4 is 5.97 Å². The molecule has 1 aromatic heterocycles. The van der Waals surface area contributed by atoms with Crippen molar-refractivity contribution in [2.24, 2.45) is 0 Å². The van der Waals surface area contributed by atoms with Crippen molar-refractivity contribution in [1.29, 1.82) is 0 Å². The maximum absolute atomic E-state index is 10.6. The highest BCUT2D eigenvalue weighted by molar-refractivity contribution is 5.66. The summed E-state index contributed by atoms with van der Waals surface area (Å²) in [6.45, 7) is 0.904. The zero-order chi connectivity index (χ0) is 16.8. The van der Waals surface area contributed by atoms with Gasteiger partial charge in [-0.2, -0.15) is 5.10 Å². The fraction of sp³-hybridized carbons (Fsp3) is 0.158. The van der Waals surface area contributed by atoms with Gasteiger partial charge in [0.15, 0.2) is 0 Å². The van der Waals surface area contributed by atoms with Gasteiger partial charge in [0.2, 0.25) is 0 Å². The van der Waals surface area contributed by atoms with E-state index in [9.17, 15) is 4.79 Å². The molecular formula is C19H18N2O3. The van der Waals surface area contributed by atoms with E-state index in [0.717, 1.165) is 22.4 Å². The van der Waals surface area contributed by atoms with Crippen molar-refractivity contribution in [3.05, 3.63) is 72.6 Å². The number of ether oxygens (including phenoxy) is 1. The summed E-state index contributed by atoms with van der Waals surface area (Å²) in [5, 5.41) is 12.9. The number of rotatable bonds is 7. The van der Waals surface area contributed by atoms with Gasteiger partial charge in [-0.1, -0.05) is 42.5 Å². The van der Waals surface area contributed by atoms with E-state index in [1.807, 2.05) is 60.8 Å². The highest BCUT2D eigenvalue weighted by Gasteiger charge is 2.04. The third-order valence-electron chi connectivity index (χ3n) is 3.62. The van der Waals surface area contributed by atoms with E-state index < -0.39 is 5.97 Å². The normalized spacial score (nSPS) is 10.5. The Morgan fingerprint density at radius 3 is 2.50 bits per heavy atom. The molecule has 0 unspecified atom stereocenters. The molecule has 3 aromatic rings. The average Bonchev–Trinajstić information content (AvgIpc) is 3.08. The number of benzene rings is 2. The second-order valence-corrected chi connectivity index (χ2v) is 5.43. The molecule has 1 heterocycles. The van der Waals surface area contributed by atoms with Gasteiger partial charge < -0.3 is 9.84 Å². The standard InChI is InChI=1S/C19H18N2O3/c22-19(23)10-11-21-13-17(12-20-21)16-6-8-18(9-7-16)24-14-15-4-2-1-3-5-15/h1-9,12-13H,10-11,14H2,(H,22,23). The summed E-state index contributed by atoms with van der Waals surface area (Å²) in [5.41, 5.74) is 3.10. The second kappa shape index (κ2) is 7.46. The van der Waals surface area contributed by atoms with Crippen LogP contribution in [0.4, 0.5) is 0 Å². The maximum atomic E-state index is 10.6. The third-order valence-corrected chi connectivity index (χ3v) is 3.62. The molecule has 0 aliphatic rings. The highest BCUT2D eigenvalue weighted by atomic mass is 16.5. The molecule has 0 saturated carbocycles. The van der Waals surface area contributed by atoms with Crippen molar-refractivity contribution in [1.82, 2.24) is 9.78 Å². The van der Waals surface area contributed by atoms with Crippen LogP contribution < -0.4 is 4.74 Å². The molecule has 5 nitrogen and oxygen atoms in total. The van der Waals surface area contributed by atoms with Gasteiger partial charge in [-0.3, -0.25) is 9.48 Å². The molecule has 2 aromatic carbocycles. The van der Waals surface area contributed by atoms with Crippen LogP contribution in [0.25, 0.3) is 11.1 Å². The predicted molar refractivity (Wildman–Crippen MR) is 90.7 cm³/mol. The summed E-state index contributed by atoms with van der Waals surface area (Å²) < 4.78 is 7.41. The molecule has 0 aliphatic carbocycles. The molecule has 122 valence electrons. The van der Waals surface area contributed by atoms with Crippen molar-refractivity contribution in [2.45, 2.75) is 19.6 Å². The van der Waals surface area contributed by atoms with Gasteiger partial charge in [-0.05, 0) is 23.3 Å². The number of hydrogen-bond donors (Lipinski definition) is 1. The first-order valence-electron chi connectivity index (χ1n) is 7.72. The molecule has 0 fully saturated rings. The Morgan fingerprint density at radius 1 is 1.04 bits per heavy atom. The highest BCUT2D eigenvalue weighted by Crippen LogP contribution is 2.22. The summed E-state index contributed by atoms with van der Waals surface area (Å²) in [6, 6.07) is 17.8. The molecule has 24 heavy (non-hydrogen) atoms. The van der Waals surface area contributed by atoms with Gasteiger partial charge in [-0.15, -0.1) is 0 Å². The third kappa shape index (κ3) is 4.23. The molecule has 0 amide bonds. The fourth-order valence-electron chi connectivity index (χ4n) is 2.33. The number of aryl methyl sites for hydroxylation is 1. The number of nitrogens with zero attached hydrogens (tertiary/aromatic N) is 2. The molecule has 1 N–H and O–H groups in total. The molecule has 0 spiro atoms. The maximum Gasteiger partial charge on any atom is 0.305 e. The average molecular weight is 322 g/mol. The lowest BCUT2D eigenvalue weighted by Gasteiger charge is -2.07. The topological polar surface area (TPSA) is 64.3 Å². The van der Waals surface area contributed by atoms with Crippen LogP contribution in [0, 0.1) is 0 Å². The van der Waals surface area contributed by atoms with E-state index in [1.165, 1.54) is 0 Å². The smallest absolute Gasteiger partial charge is 0.305 e. The largest absolute Gasteiger partial charge is 0.489 e. The molecule has 0 atom stereocenters. The van der Waals surface area contributed by atoms with E-state index in [4.69, 9.17) is 9.84 Å². The Bertz CT molecular complexity index is 795. The van der Waals surface area contributed by atoms with Crippen molar-refractivity contribution < 1.29 is 14.6 Å². The lowest BCUT2D eigenvalue weighted by Crippen LogP contribution is -2.04. The summed E-state index contributed by atoms with van der Waals surface area (Å²) in [6.07, 6.45) is 3.65. The number of hydrogen-bond acceptors (Lipinski definition) is 3. The van der Waals surface area contributed by atoms with Gasteiger partial charge >= 0.3 is 5.97 Å². The molecule has 0 bridgehead atoms. The summed E-state index contributed by atoms with van der Waals surface area (Å²) in [5.74, 6) is -0.0205. The summed E-state index contributed by atoms with van der Waals surface area (Å²) in [7, 11) is 0. The molecule has 0 radical (unpaired) electrons.